The second-order valence-corrected chi connectivity index (χ2v) is 13.8. The van der Waals surface area contributed by atoms with Gasteiger partial charge in [0, 0.05) is 33.6 Å². The number of amides is 1. The van der Waals surface area contributed by atoms with Gasteiger partial charge in [0.2, 0.25) is 5.91 Å². The Bertz CT molecular complexity index is 1570. The highest BCUT2D eigenvalue weighted by Gasteiger charge is 2.67. The van der Waals surface area contributed by atoms with E-state index >= 15 is 0 Å². The Morgan fingerprint density at radius 3 is 2.08 bits per heavy atom. The number of halogens is 8. The van der Waals surface area contributed by atoms with Crippen molar-refractivity contribution in [3.05, 3.63) is 92.4 Å². The van der Waals surface area contributed by atoms with Crippen molar-refractivity contribution < 1.29 is 31.2 Å². The first-order chi connectivity index (χ1) is 18.5. The Morgan fingerprint density at radius 2 is 1.50 bits per heavy atom. The van der Waals surface area contributed by atoms with Gasteiger partial charge in [0.25, 0.3) is 0 Å². The van der Waals surface area contributed by atoms with E-state index in [4.69, 9.17) is 58.0 Å². The summed E-state index contributed by atoms with van der Waals surface area (Å²) in [6.45, 7) is 0. The molecule has 0 saturated heterocycles. The minimum Gasteiger partial charge on any atom is -0.326 e. The molecule has 5 nitrogen and oxygen atoms in total. The van der Waals surface area contributed by atoms with E-state index in [1.807, 2.05) is 0 Å². The second-order valence-electron chi connectivity index (χ2n) is 9.13. The van der Waals surface area contributed by atoms with Crippen molar-refractivity contribution in [2.45, 2.75) is 27.7 Å². The highest BCUT2D eigenvalue weighted by molar-refractivity contribution is 7.91. The van der Waals surface area contributed by atoms with Crippen molar-refractivity contribution in [2.75, 3.05) is 11.1 Å². The van der Waals surface area contributed by atoms with E-state index < -0.39 is 54.5 Å². The molecule has 0 heterocycles. The van der Waals surface area contributed by atoms with Gasteiger partial charge in [0.05, 0.1) is 15.8 Å². The first-order valence-electron chi connectivity index (χ1n) is 11.3. The summed E-state index contributed by atoms with van der Waals surface area (Å²) in [6.07, 6.45) is -5.12. The van der Waals surface area contributed by atoms with Gasteiger partial charge < -0.3 is 5.32 Å². The summed E-state index contributed by atoms with van der Waals surface area (Å²) in [5, 5.41) is 3.48. The number of rotatable bonds is 8. The van der Waals surface area contributed by atoms with Crippen molar-refractivity contribution in [1.82, 2.24) is 0 Å². The van der Waals surface area contributed by atoms with Crippen LogP contribution < -0.4 is 5.32 Å². The van der Waals surface area contributed by atoms with Gasteiger partial charge in [0.1, 0.15) is 4.33 Å². The molecular formula is C26H17Cl5F3NO4S. The van der Waals surface area contributed by atoms with Crippen LogP contribution in [0.3, 0.4) is 0 Å². The standard InChI is InChI=1S/C26H17Cl5F3NO4S/c27-15-8-14(9-16(28)10-15)22-23(26(22,30)31)24(37)35-17-3-6-20(29)19(11-17)21(36)7-13-1-4-18(5-2-13)40(38,39)12-25(32,33)34/h1-6,8-11,22-23H,7,12H2,(H,35,37). The molecule has 4 rings (SSSR count). The predicted octanol–water partition coefficient (Wildman–Crippen LogP) is 7.93. The molecule has 3 aromatic rings. The topological polar surface area (TPSA) is 80.3 Å². The van der Waals surface area contributed by atoms with Gasteiger partial charge in [-0.2, -0.15) is 13.2 Å². The largest absolute Gasteiger partial charge is 0.403 e. The summed E-state index contributed by atoms with van der Waals surface area (Å²) in [6, 6.07) is 13.5. The van der Waals surface area contributed by atoms with Crippen molar-refractivity contribution in [3.63, 3.8) is 0 Å². The number of Topliss-reactive ketones (excluding diaryl/α,β-unsaturated/α-hetero) is 1. The zero-order valence-corrected chi connectivity index (χ0v) is 24.5. The Kier molecular flexibility index (Phi) is 8.77. The number of benzene rings is 3. The van der Waals surface area contributed by atoms with E-state index in [2.05, 4.69) is 5.32 Å². The van der Waals surface area contributed by atoms with Gasteiger partial charge >= 0.3 is 6.18 Å². The molecule has 0 aromatic heterocycles. The van der Waals surface area contributed by atoms with Crippen LogP contribution in [0.1, 0.15) is 27.4 Å². The van der Waals surface area contributed by atoms with E-state index in [0.29, 0.717) is 21.2 Å². The molecule has 14 heteroatoms. The van der Waals surface area contributed by atoms with Crippen LogP contribution in [0.2, 0.25) is 15.1 Å². The lowest BCUT2D eigenvalue weighted by molar-refractivity contribution is -0.117. The lowest BCUT2D eigenvalue weighted by atomic mass is 10.0. The molecule has 0 bridgehead atoms. The van der Waals surface area contributed by atoms with Gasteiger partial charge in [-0.1, -0.05) is 46.9 Å². The maximum atomic E-state index is 13.0. The van der Waals surface area contributed by atoms with E-state index in [1.54, 1.807) is 12.1 Å². The highest BCUT2D eigenvalue weighted by Crippen LogP contribution is 2.65. The van der Waals surface area contributed by atoms with Crippen LogP contribution in [0.25, 0.3) is 0 Å². The summed E-state index contributed by atoms with van der Waals surface area (Å²) in [5.74, 6) is -4.40. The fourth-order valence-electron chi connectivity index (χ4n) is 4.25. The van der Waals surface area contributed by atoms with Crippen LogP contribution in [0.4, 0.5) is 18.9 Å². The van der Waals surface area contributed by atoms with Crippen molar-refractivity contribution in [3.8, 4) is 0 Å². The van der Waals surface area contributed by atoms with Crippen LogP contribution in [0.5, 0.6) is 0 Å². The highest BCUT2D eigenvalue weighted by atomic mass is 35.5. The molecule has 212 valence electrons. The third-order valence-corrected chi connectivity index (χ3v) is 9.52. The lowest BCUT2D eigenvalue weighted by Gasteiger charge is -2.10. The molecule has 1 amide bonds. The number of hydrogen-bond acceptors (Lipinski definition) is 4. The molecule has 1 aliphatic rings. The number of ketones is 1. The van der Waals surface area contributed by atoms with Gasteiger partial charge in [-0.15, -0.1) is 23.2 Å². The molecular weight excluding hydrogens is 657 g/mol. The Hall–Kier alpha value is -2.01. The molecule has 1 aliphatic carbocycles. The van der Waals surface area contributed by atoms with Crippen LogP contribution in [-0.2, 0) is 21.1 Å². The summed E-state index contributed by atoms with van der Waals surface area (Å²) in [4.78, 5) is 25.5. The van der Waals surface area contributed by atoms with Crippen molar-refractivity contribution >= 4 is 85.2 Å². The molecule has 2 atom stereocenters. The molecule has 40 heavy (non-hydrogen) atoms. The fraction of sp³-hybridized carbons (Fsp3) is 0.231. The molecule has 0 radical (unpaired) electrons. The maximum absolute atomic E-state index is 13.0. The maximum Gasteiger partial charge on any atom is 0.403 e. The fourth-order valence-corrected chi connectivity index (χ4v) is 7.00. The lowest BCUT2D eigenvalue weighted by Crippen LogP contribution is -2.22. The number of sulfone groups is 1. The van der Waals surface area contributed by atoms with E-state index in [1.165, 1.54) is 36.4 Å². The third kappa shape index (κ3) is 7.06. The summed E-state index contributed by atoms with van der Waals surface area (Å²) >= 11 is 31.1. The number of carbonyl (C=O) groups is 2. The molecule has 1 saturated carbocycles. The van der Waals surface area contributed by atoms with Crippen LogP contribution >= 0.6 is 58.0 Å². The SMILES string of the molecule is O=C(Cc1ccc(S(=O)(=O)CC(F)(F)F)cc1)c1cc(NC(=O)C2C(c3cc(Cl)cc(Cl)c3)C2(Cl)Cl)ccc1Cl. The average Bonchev–Trinajstić information content (AvgIpc) is 3.40. The third-order valence-electron chi connectivity index (χ3n) is 6.12. The summed E-state index contributed by atoms with van der Waals surface area (Å²) < 4.78 is 60.1. The van der Waals surface area contributed by atoms with Crippen LogP contribution in [-0.4, -0.2) is 36.4 Å². The zero-order valence-electron chi connectivity index (χ0n) is 19.9. The number of alkyl halides is 5. The van der Waals surface area contributed by atoms with E-state index in [-0.39, 0.29) is 22.7 Å². The summed E-state index contributed by atoms with van der Waals surface area (Å²) in [5.41, 5.74) is 1.24. The molecule has 2 unspecified atom stereocenters. The Labute approximate surface area is 252 Å². The van der Waals surface area contributed by atoms with Gasteiger partial charge in [-0.25, -0.2) is 8.42 Å². The Balaban J connectivity index is 1.46. The summed E-state index contributed by atoms with van der Waals surface area (Å²) in [7, 11) is -4.58. The molecule has 3 aromatic carbocycles. The molecule has 1 fully saturated rings. The molecule has 1 N–H and O–H groups in total. The van der Waals surface area contributed by atoms with Gasteiger partial charge in [-0.3, -0.25) is 9.59 Å². The van der Waals surface area contributed by atoms with Crippen LogP contribution in [0, 0.1) is 5.92 Å². The van der Waals surface area contributed by atoms with Crippen molar-refractivity contribution in [2.24, 2.45) is 5.92 Å². The number of anilines is 1. The second kappa shape index (κ2) is 11.3. The number of hydrogen-bond donors (Lipinski definition) is 1. The first-order valence-corrected chi connectivity index (χ1v) is 14.9. The number of carbonyl (C=O) groups excluding carboxylic acids is 2. The smallest absolute Gasteiger partial charge is 0.326 e. The first kappa shape index (κ1) is 30.9. The number of nitrogens with one attached hydrogen (secondary N) is 1. The Morgan fingerprint density at radius 1 is 0.900 bits per heavy atom. The predicted molar refractivity (Wildman–Crippen MR) is 150 cm³/mol. The molecule has 0 aliphatic heterocycles. The monoisotopic (exact) mass is 671 g/mol. The van der Waals surface area contributed by atoms with E-state index in [9.17, 15) is 31.2 Å². The van der Waals surface area contributed by atoms with Gasteiger partial charge in [0.15, 0.2) is 21.4 Å². The molecule has 0 spiro atoms. The normalized spacial score (nSPS) is 18.3. The van der Waals surface area contributed by atoms with Crippen LogP contribution in [0.15, 0.2) is 65.6 Å². The zero-order chi connectivity index (χ0) is 29.6. The average molecular weight is 674 g/mol. The van der Waals surface area contributed by atoms with Gasteiger partial charge in [-0.05, 0) is 59.7 Å². The minimum absolute atomic E-state index is 0.0604. The minimum atomic E-state index is -4.89. The van der Waals surface area contributed by atoms with Crippen molar-refractivity contribution in [1.29, 1.82) is 0 Å². The van der Waals surface area contributed by atoms with E-state index in [0.717, 1.165) is 12.1 Å². The quantitative estimate of drug-likeness (QED) is 0.195.